The summed E-state index contributed by atoms with van der Waals surface area (Å²) in [4.78, 5) is 11.9. The largest absolute Gasteiger partial charge is 0.351 e. The second-order valence-electron chi connectivity index (χ2n) is 3.87. The molecule has 1 aromatic carbocycles. The van der Waals surface area contributed by atoms with Crippen LogP contribution in [-0.4, -0.2) is 11.1 Å². The third-order valence-electron chi connectivity index (χ3n) is 2.47. The maximum absolute atomic E-state index is 13.2. The number of carbonyl (C=O) groups is 1. The van der Waals surface area contributed by atoms with Crippen LogP contribution in [0.5, 0.6) is 0 Å². The Morgan fingerprint density at radius 2 is 2.11 bits per heavy atom. The van der Waals surface area contributed by atoms with Crippen molar-refractivity contribution in [3.8, 4) is 0 Å². The highest BCUT2D eigenvalue weighted by atomic mass is 79.9. The lowest BCUT2D eigenvalue weighted by molar-refractivity contribution is 0.0987. The molecule has 0 saturated carbocycles. The van der Waals surface area contributed by atoms with Crippen LogP contribution in [0.3, 0.4) is 0 Å². The summed E-state index contributed by atoms with van der Waals surface area (Å²) in [6, 6.07) is 2.85. The van der Waals surface area contributed by atoms with E-state index in [4.69, 9.17) is 4.52 Å². The predicted molar refractivity (Wildman–Crippen MR) is 68.0 cm³/mol. The Bertz CT molecular complexity index is 610. The average molecular weight is 313 g/mol. The molecular weight excluding hydrogens is 303 g/mol. The highest BCUT2D eigenvalue weighted by molar-refractivity contribution is 9.10. The van der Waals surface area contributed by atoms with Crippen LogP contribution in [0.2, 0.25) is 0 Å². The molecule has 0 aliphatic rings. The maximum Gasteiger partial charge on any atom is 0.294 e. The smallest absolute Gasteiger partial charge is 0.294 e. The van der Waals surface area contributed by atoms with Crippen molar-refractivity contribution in [3.05, 3.63) is 45.5 Å². The van der Waals surface area contributed by atoms with Crippen LogP contribution in [0.1, 0.15) is 21.7 Å². The first-order valence-electron chi connectivity index (χ1n) is 5.17. The molecule has 0 atom stereocenters. The van der Waals surface area contributed by atoms with Crippen molar-refractivity contribution in [1.29, 1.82) is 0 Å². The number of carbonyl (C=O) groups excluding carboxylic acids is 1. The minimum Gasteiger partial charge on any atom is -0.351 e. The molecule has 0 unspecified atom stereocenters. The van der Waals surface area contributed by atoms with Gasteiger partial charge in [0.2, 0.25) is 5.76 Å². The molecule has 94 valence electrons. The van der Waals surface area contributed by atoms with Gasteiger partial charge in [0.25, 0.3) is 5.91 Å². The monoisotopic (exact) mass is 312 g/mol. The van der Waals surface area contributed by atoms with Gasteiger partial charge in [-0.1, -0.05) is 5.16 Å². The Balaban J connectivity index is 2.28. The lowest BCUT2D eigenvalue weighted by atomic mass is 10.2. The lowest BCUT2D eigenvalue weighted by Crippen LogP contribution is -2.13. The van der Waals surface area contributed by atoms with Crippen LogP contribution < -0.4 is 5.32 Å². The summed E-state index contributed by atoms with van der Waals surface area (Å²) in [5, 5.41) is 6.19. The number of anilines is 1. The Morgan fingerprint density at radius 3 is 2.72 bits per heavy atom. The van der Waals surface area contributed by atoms with Gasteiger partial charge in [0.1, 0.15) is 5.82 Å². The van der Waals surface area contributed by atoms with Crippen molar-refractivity contribution in [2.45, 2.75) is 13.8 Å². The first-order chi connectivity index (χ1) is 8.49. The number of nitrogens with one attached hydrogen (secondary N) is 1. The average Bonchev–Trinajstić information content (AvgIpc) is 2.72. The zero-order chi connectivity index (χ0) is 13.3. The van der Waals surface area contributed by atoms with E-state index in [0.717, 1.165) is 0 Å². The molecule has 18 heavy (non-hydrogen) atoms. The van der Waals surface area contributed by atoms with Crippen LogP contribution in [0.4, 0.5) is 10.1 Å². The van der Waals surface area contributed by atoms with E-state index < -0.39 is 5.91 Å². The minimum absolute atomic E-state index is 0.148. The predicted octanol–water partition coefficient (Wildman–Crippen LogP) is 3.45. The van der Waals surface area contributed by atoms with Gasteiger partial charge in [-0.2, -0.15) is 0 Å². The summed E-state index contributed by atoms with van der Waals surface area (Å²) >= 11 is 3.07. The molecule has 1 amide bonds. The fourth-order valence-electron chi connectivity index (χ4n) is 1.47. The summed E-state index contributed by atoms with van der Waals surface area (Å²) in [5.41, 5.74) is 1.79. The third kappa shape index (κ3) is 2.43. The van der Waals surface area contributed by atoms with Gasteiger partial charge in [-0.15, -0.1) is 0 Å². The van der Waals surface area contributed by atoms with Crippen molar-refractivity contribution in [1.82, 2.24) is 5.16 Å². The molecule has 1 heterocycles. The molecule has 0 fully saturated rings. The van der Waals surface area contributed by atoms with Gasteiger partial charge in [-0.05, 0) is 47.5 Å². The van der Waals surface area contributed by atoms with E-state index in [1.165, 1.54) is 18.3 Å². The molecule has 2 rings (SSSR count). The molecular formula is C12H10BrFN2O2. The number of benzene rings is 1. The van der Waals surface area contributed by atoms with E-state index >= 15 is 0 Å². The first-order valence-corrected chi connectivity index (χ1v) is 5.96. The Hall–Kier alpha value is -1.69. The molecule has 1 aromatic heterocycles. The van der Waals surface area contributed by atoms with Gasteiger partial charge >= 0.3 is 0 Å². The number of rotatable bonds is 2. The van der Waals surface area contributed by atoms with Crippen molar-refractivity contribution in [2.75, 3.05) is 5.32 Å². The normalized spacial score (nSPS) is 10.4. The standard InChI is InChI=1S/C12H10BrFN2O2/c1-6-3-9(14)8(13)4-10(6)16-12(17)11-7(2)5-15-18-11/h3-5H,1-2H3,(H,16,17). The summed E-state index contributed by atoms with van der Waals surface area (Å²) < 4.78 is 18.4. The third-order valence-corrected chi connectivity index (χ3v) is 3.08. The highest BCUT2D eigenvalue weighted by Gasteiger charge is 2.16. The van der Waals surface area contributed by atoms with Crippen LogP contribution in [0.15, 0.2) is 27.3 Å². The number of hydrogen-bond donors (Lipinski definition) is 1. The molecule has 6 heteroatoms. The van der Waals surface area contributed by atoms with E-state index in [1.54, 1.807) is 13.8 Å². The van der Waals surface area contributed by atoms with Crippen LogP contribution in [0, 0.1) is 19.7 Å². The lowest BCUT2D eigenvalue weighted by Gasteiger charge is -2.08. The Labute approximate surface area is 111 Å². The van der Waals surface area contributed by atoms with Crippen LogP contribution in [-0.2, 0) is 0 Å². The number of hydrogen-bond acceptors (Lipinski definition) is 3. The summed E-state index contributed by atoms with van der Waals surface area (Å²) in [6.07, 6.45) is 1.46. The topological polar surface area (TPSA) is 55.1 Å². The highest BCUT2D eigenvalue weighted by Crippen LogP contribution is 2.24. The summed E-state index contributed by atoms with van der Waals surface area (Å²) in [7, 11) is 0. The fourth-order valence-corrected chi connectivity index (χ4v) is 1.81. The molecule has 0 radical (unpaired) electrons. The Kier molecular flexibility index (Phi) is 3.47. The number of amides is 1. The number of halogens is 2. The summed E-state index contributed by atoms with van der Waals surface area (Å²) in [5.74, 6) is -0.636. The van der Waals surface area contributed by atoms with Gasteiger partial charge in [-0.25, -0.2) is 4.39 Å². The minimum atomic E-state index is -0.411. The number of aryl methyl sites for hydroxylation is 2. The number of aromatic nitrogens is 1. The zero-order valence-electron chi connectivity index (χ0n) is 9.75. The van der Waals surface area contributed by atoms with Crippen LogP contribution >= 0.6 is 15.9 Å². The molecule has 0 saturated heterocycles. The molecule has 0 spiro atoms. The SMILES string of the molecule is Cc1cc(F)c(Br)cc1NC(=O)c1oncc1C. The molecule has 0 bridgehead atoms. The molecule has 4 nitrogen and oxygen atoms in total. The van der Waals surface area contributed by atoms with Gasteiger partial charge in [0.05, 0.1) is 10.7 Å². The van der Waals surface area contributed by atoms with Crippen molar-refractivity contribution in [2.24, 2.45) is 0 Å². The van der Waals surface area contributed by atoms with Crippen LogP contribution in [0.25, 0.3) is 0 Å². The van der Waals surface area contributed by atoms with Gasteiger partial charge in [0.15, 0.2) is 0 Å². The van der Waals surface area contributed by atoms with E-state index in [1.807, 2.05) is 0 Å². The summed E-state index contributed by atoms with van der Waals surface area (Å²) in [6.45, 7) is 3.43. The second-order valence-corrected chi connectivity index (χ2v) is 4.73. The second kappa shape index (κ2) is 4.89. The maximum atomic E-state index is 13.2. The molecule has 0 aliphatic carbocycles. The molecule has 2 aromatic rings. The molecule has 0 aliphatic heterocycles. The van der Waals surface area contributed by atoms with Gasteiger partial charge in [-0.3, -0.25) is 4.79 Å². The quantitative estimate of drug-likeness (QED) is 0.924. The fraction of sp³-hybridized carbons (Fsp3) is 0.167. The van der Waals surface area contributed by atoms with Crippen molar-refractivity contribution >= 4 is 27.5 Å². The van der Waals surface area contributed by atoms with E-state index in [0.29, 0.717) is 16.8 Å². The van der Waals surface area contributed by atoms with Gasteiger partial charge in [0, 0.05) is 11.3 Å². The molecule has 1 N–H and O–H groups in total. The van der Waals surface area contributed by atoms with E-state index in [2.05, 4.69) is 26.4 Å². The van der Waals surface area contributed by atoms with Crippen molar-refractivity contribution in [3.63, 3.8) is 0 Å². The zero-order valence-corrected chi connectivity index (χ0v) is 11.3. The van der Waals surface area contributed by atoms with E-state index in [9.17, 15) is 9.18 Å². The first kappa shape index (κ1) is 12.8. The van der Waals surface area contributed by atoms with E-state index in [-0.39, 0.29) is 16.1 Å². The number of nitrogens with zero attached hydrogens (tertiary/aromatic N) is 1. The van der Waals surface area contributed by atoms with Crippen molar-refractivity contribution < 1.29 is 13.7 Å². The Morgan fingerprint density at radius 1 is 1.39 bits per heavy atom. The van der Waals surface area contributed by atoms with Gasteiger partial charge < -0.3 is 9.84 Å².